The van der Waals surface area contributed by atoms with Crippen LogP contribution in [0, 0.1) is 11.8 Å². The standard InChI is InChI=1S/C15H22O3/c1-10-13(15(18)9-14(10)17)7-6-12(16)8-11-4-2-3-5-11/h6-7,11-13,15-16,18H,1-5,8-9H2/b7-6+/t12-,13-,15-/m1/s1. The van der Waals surface area contributed by atoms with Gasteiger partial charge in [-0.3, -0.25) is 4.79 Å². The van der Waals surface area contributed by atoms with Crippen LogP contribution in [-0.4, -0.2) is 28.2 Å². The minimum absolute atomic E-state index is 0.0672. The average molecular weight is 250 g/mol. The first-order valence-electron chi connectivity index (χ1n) is 6.84. The van der Waals surface area contributed by atoms with Crippen LogP contribution >= 0.6 is 0 Å². The summed E-state index contributed by atoms with van der Waals surface area (Å²) in [4.78, 5) is 11.4. The number of hydrogen-bond acceptors (Lipinski definition) is 3. The number of rotatable bonds is 4. The molecule has 0 unspecified atom stereocenters. The van der Waals surface area contributed by atoms with Gasteiger partial charge in [0.2, 0.25) is 0 Å². The lowest BCUT2D eigenvalue weighted by molar-refractivity contribution is -0.115. The summed E-state index contributed by atoms with van der Waals surface area (Å²) in [5, 5.41) is 19.6. The second kappa shape index (κ2) is 5.81. The van der Waals surface area contributed by atoms with Crippen molar-refractivity contribution in [3.63, 3.8) is 0 Å². The number of Topliss-reactive ketones (excluding diaryl/α,β-unsaturated/α-hetero) is 1. The average Bonchev–Trinajstić information content (AvgIpc) is 2.88. The summed E-state index contributed by atoms with van der Waals surface area (Å²) < 4.78 is 0. The molecule has 3 heteroatoms. The first-order chi connectivity index (χ1) is 8.58. The molecule has 2 aliphatic carbocycles. The van der Waals surface area contributed by atoms with E-state index in [0.717, 1.165) is 6.42 Å². The largest absolute Gasteiger partial charge is 0.392 e. The fourth-order valence-electron chi connectivity index (χ4n) is 3.02. The number of carbonyl (C=O) groups excluding carboxylic acids is 1. The Morgan fingerprint density at radius 3 is 2.61 bits per heavy atom. The van der Waals surface area contributed by atoms with Crippen LogP contribution in [0.1, 0.15) is 38.5 Å². The molecule has 0 radical (unpaired) electrons. The third-order valence-corrected chi connectivity index (χ3v) is 4.16. The van der Waals surface area contributed by atoms with E-state index in [2.05, 4.69) is 6.58 Å². The van der Waals surface area contributed by atoms with Crippen LogP contribution in [0.5, 0.6) is 0 Å². The maximum atomic E-state index is 11.4. The molecule has 2 N–H and O–H groups in total. The Morgan fingerprint density at radius 1 is 1.39 bits per heavy atom. The lowest BCUT2D eigenvalue weighted by atomic mass is 9.97. The maximum Gasteiger partial charge on any atom is 0.161 e. The van der Waals surface area contributed by atoms with Crippen molar-refractivity contribution in [2.24, 2.45) is 11.8 Å². The quantitative estimate of drug-likeness (QED) is 0.592. The number of ketones is 1. The molecule has 0 aromatic carbocycles. The second-order valence-electron chi connectivity index (χ2n) is 5.58. The van der Waals surface area contributed by atoms with Gasteiger partial charge in [-0.05, 0) is 17.9 Å². The molecule has 0 bridgehead atoms. The summed E-state index contributed by atoms with van der Waals surface area (Å²) >= 11 is 0. The molecule has 2 rings (SSSR count). The van der Waals surface area contributed by atoms with Gasteiger partial charge in [0.1, 0.15) is 0 Å². The zero-order valence-electron chi connectivity index (χ0n) is 10.7. The topological polar surface area (TPSA) is 57.5 Å². The summed E-state index contributed by atoms with van der Waals surface area (Å²) in [7, 11) is 0. The fraction of sp³-hybridized carbons (Fsp3) is 0.667. The zero-order chi connectivity index (χ0) is 13.1. The van der Waals surface area contributed by atoms with Gasteiger partial charge in [-0.25, -0.2) is 0 Å². The molecule has 2 aliphatic rings. The maximum absolute atomic E-state index is 11.4. The van der Waals surface area contributed by atoms with Gasteiger partial charge < -0.3 is 10.2 Å². The smallest absolute Gasteiger partial charge is 0.161 e. The van der Waals surface area contributed by atoms with Crippen molar-refractivity contribution in [2.45, 2.75) is 50.7 Å². The molecule has 0 spiro atoms. The third-order valence-electron chi connectivity index (χ3n) is 4.16. The Bertz CT molecular complexity index is 353. The zero-order valence-corrected chi connectivity index (χ0v) is 10.7. The number of aliphatic hydroxyl groups is 2. The van der Waals surface area contributed by atoms with E-state index in [-0.39, 0.29) is 18.1 Å². The van der Waals surface area contributed by atoms with Gasteiger partial charge in [0.25, 0.3) is 0 Å². The molecule has 0 aromatic heterocycles. The molecule has 0 saturated heterocycles. The SMILES string of the molecule is C=C1C(=O)C[C@@H](O)[C@@H]1/C=C/[C@@H](O)CC1CCCC1. The van der Waals surface area contributed by atoms with Crippen LogP contribution in [0.2, 0.25) is 0 Å². The van der Waals surface area contributed by atoms with E-state index < -0.39 is 12.2 Å². The highest BCUT2D eigenvalue weighted by Gasteiger charge is 2.33. The Kier molecular flexibility index (Phi) is 4.36. The number of carbonyl (C=O) groups is 1. The lowest BCUT2D eigenvalue weighted by Gasteiger charge is -2.14. The molecular weight excluding hydrogens is 228 g/mol. The summed E-state index contributed by atoms with van der Waals surface area (Å²) in [5.74, 6) is 0.251. The predicted octanol–water partition coefficient (Wildman–Crippen LogP) is 1.99. The van der Waals surface area contributed by atoms with Crippen molar-refractivity contribution in [3.8, 4) is 0 Å². The number of aliphatic hydroxyl groups excluding tert-OH is 2. The molecule has 0 aliphatic heterocycles. The monoisotopic (exact) mass is 250 g/mol. The normalized spacial score (nSPS) is 31.7. The van der Waals surface area contributed by atoms with E-state index in [1.165, 1.54) is 25.7 Å². The van der Waals surface area contributed by atoms with Crippen molar-refractivity contribution in [2.75, 3.05) is 0 Å². The molecule has 100 valence electrons. The van der Waals surface area contributed by atoms with Crippen molar-refractivity contribution in [3.05, 3.63) is 24.3 Å². The van der Waals surface area contributed by atoms with Crippen LogP contribution in [0.25, 0.3) is 0 Å². The Labute approximate surface area is 108 Å². The second-order valence-corrected chi connectivity index (χ2v) is 5.58. The van der Waals surface area contributed by atoms with Crippen LogP contribution in [0.4, 0.5) is 0 Å². The molecule has 3 atom stereocenters. The molecule has 0 aromatic rings. The third kappa shape index (κ3) is 3.09. The van der Waals surface area contributed by atoms with Crippen molar-refractivity contribution in [1.82, 2.24) is 0 Å². The van der Waals surface area contributed by atoms with E-state index in [1.54, 1.807) is 12.2 Å². The van der Waals surface area contributed by atoms with Crippen molar-refractivity contribution in [1.29, 1.82) is 0 Å². The fourth-order valence-corrected chi connectivity index (χ4v) is 3.02. The summed E-state index contributed by atoms with van der Waals surface area (Å²) in [5.41, 5.74) is 0.465. The van der Waals surface area contributed by atoms with Crippen LogP contribution < -0.4 is 0 Å². The van der Waals surface area contributed by atoms with E-state index >= 15 is 0 Å². The van der Waals surface area contributed by atoms with E-state index in [4.69, 9.17) is 0 Å². The van der Waals surface area contributed by atoms with Gasteiger partial charge in [-0.1, -0.05) is 44.4 Å². The van der Waals surface area contributed by atoms with E-state index in [1.807, 2.05) is 0 Å². The minimum Gasteiger partial charge on any atom is -0.392 e. The summed E-state index contributed by atoms with van der Waals surface area (Å²) in [6, 6.07) is 0. The lowest BCUT2D eigenvalue weighted by Crippen LogP contribution is -2.13. The first kappa shape index (κ1) is 13.5. The Morgan fingerprint density at radius 2 is 2.06 bits per heavy atom. The van der Waals surface area contributed by atoms with Gasteiger partial charge in [-0.15, -0.1) is 0 Å². The molecule has 2 saturated carbocycles. The predicted molar refractivity (Wildman–Crippen MR) is 70.0 cm³/mol. The van der Waals surface area contributed by atoms with Crippen molar-refractivity contribution >= 4 is 5.78 Å². The Hall–Kier alpha value is -0.930. The highest BCUT2D eigenvalue weighted by Crippen LogP contribution is 2.30. The summed E-state index contributed by atoms with van der Waals surface area (Å²) in [6.45, 7) is 3.71. The van der Waals surface area contributed by atoms with Crippen LogP contribution in [0.15, 0.2) is 24.3 Å². The highest BCUT2D eigenvalue weighted by atomic mass is 16.3. The first-order valence-corrected chi connectivity index (χ1v) is 6.84. The molecular formula is C15H22O3. The molecule has 0 amide bonds. The highest BCUT2D eigenvalue weighted by molar-refractivity contribution is 5.98. The van der Waals surface area contributed by atoms with E-state index in [9.17, 15) is 15.0 Å². The van der Waals surface area contributed by atoms with Gasteiger partial charge in [0, 0.05) is 12.3 Å². The van der Waals surface area contributed by atoms with Crippen LogP contribution in [-0.2, 0) is 4.79 Å². The van der Waals surface area contributed by atoms with Gasteiger partial charge in [0.05, 0.1) is 12.2 Å². The molecule has 18 heavy (non-hydrogen) atoms. The minimum atomic E-state index is -0.667. The number of hydrogen-bond donors (Lipinski definition) is 2. The van der Waals surface area contributed by atoms with E-state index in [0.29, 0.717) is 11.5 Å². The molecule has 0 heterocycles. The Balaban J connectivity index is 1.85. The van der Waals surface area contributed by atoms with Crippen LogP contribution in [0.3, 0.4) is 0 Å². The van der Waals surface area contributed by atoms with Gasteiger partial charge >= 0.3 is 0 Å². The van der Waals surface area contributed by atoms with Gasteiger partial charge in [0.15, 0.2) is 5.78 Å². The summed E-state index contributed by atoms with van der Waals surface area (Å²) in [6.07, 6.45) is 8.25. The van der Waals surface area contributed by atoms with Crippen molar-refractivity contribution < 1.29 is 15.0 Å². The van der Waals surface area contributed by atoms with Gasteiger partial charge in [-0.2, -0.15) is 0 Å². The molecule has 3 nitrogen and oxygen atoms in total. The molecule has 2 fully saturated rings.